The van der Waals surface area contributed by atoms with Crippen LogP contribution in [0.15, 0.2) is 34.6 Å². The highest BCUT2D eigenvalue weighted by molar-refractivity contribution is 14.2. The lowest BCUT2D eigenvalue weighted by atomic mass is 10.2. The van der Waals surface area contributed by atoms with Crippen molar-refractivity contribution < 1.29 is 0 Å². The van der Waals surface area contributed by atoms with E-state index in [4.69, 9.17) is 0 Å². The van der Waals surface area contributed by atoms with E-state index >= 15 is 0 Å². The summed E-state index contributed by atoms with van der Waals surface area (Å²) < 4.78 is 0. The Morgan fingerprint density at radius 1 is 1.20 bits per heavy atom. The van der Waals surface area contributed by atoms with E-state index in [1.54, 1.807) is 0 Å². The van der Waals surface area contributed by atoms with Crippen molar-refractivity contribution in [1.29, 1.82) is 0 Å². The summed E-state index contributed by atoms with van der Waals surface area (Å²) in [6.07, 6.45) is 2.22. The average Bonchev–Trinajstić information content (AvgIpc) is 2.34. The molecule has 2 heteroatoms. The number of halogens is 1. The van der Waals surface area contributed by atoms with Crippen LogP contribution < -0.4 is 0 Å². The lowest BCUT2D eigenvalue weighted by molar-refractivity contribution is 1.44. The quantitative estimate of drug-likeness (QED) is 0.537. The van der Waals surface area contributed by atoms with E-state index in [0.29, 0.717) is 0 Å². The molecule has 0 N–H and O–H groups in total. The molecule has 0 saturated heterocycles. The van der Waals surface area contributed by atoms with Crippen molar-refractivity contribution in [3.8, 4) is 0 Å². The smallest absolute Gasteiger partial charge is 0.00683 e. The minimum Gasteiger partial charge on any atom is -0.151 e. The largest absolute Gasteiger partial charge is 0.151 e. The van der Waals surface area contributed by atoms with Crippen molar-refractivity contribution in [3.05, 3.63) is 35.2 Å². The van der Waals surface area contributed by atoms with Gasteiger partial charge in [0.15, 0.2) is 0 Å². The van der Waals surface area contributed by atoms with Crippen molar-refractivity contribution >= 4 is 35.3 Å². The maximum absolute atomic E-state index is 2.50. The second-order valence-corrected chi connectivity index (χ2v) is 6.71. The van der Waals surface area contributed by atoms with Gasteiger partial charge < -0.3 is 0 Å². The third-order valence-corrected chi connectivity index (χ3v) is 5.35. The van der Waals surface area contributed by atoms with Gasteiger partial charge in [-0.05, 0) is 44.3 Å². The van der Waals surface area contributed by atoms with Gasteiger partial charge in [0, 0.05) is 4.90 Å². The summed E-state index contributed by atoms with van der Waals surface area (Å²) in [5.74, 6) is 0. The zero-order valence-corrected chi connectivity index (χ0v) is 8.34. The first-order valence-corrected chi connectivity index (χ1v) is 7.30. The van der Waals surface area contributed by atoms with Gasteiger partial charge in [0.2, 0.25) is 0 Å². The number of rotatable bonds is 0. The molecule has 2 rings (SSSR count). The minimum absolute atomic E-state index is 0.00858. The van der Waals surface area contributed by atoms with E-state index in [2.05, 4.69) is 57.0 Å². The topological polar surface area (TPSA) is 0 Å². The number of hydrogen-bond acceptors (Lipinski definition) is 0. The van der Waals surface area contributed by atoms with Crippen LogP contribution in [-0.4, -0.2) is 0 Å². The molecule has 0 bridgehead atoms. The molecule has 1 unspecified atom stereocenters. The zero-order valence-electron chi connectivity index (χ0n) is 5.29. The SMILES string of the molecule is I[SH]1C=Cc2ccccc21. The minimum atomic E-state index is 0.00858. The Kier molecular flexibility index (Phi) is 1.74. The van der Waals surface area contributed by atoms with Crippen LogP contribution >= 0.6 is 29.3 Å². The molecule has 0 aromatic heterocycles. The van der Waals surface area contributed by atoms with Crippen molar-refractivity contribution in [3.63, 3.8) is 0 Å². The van der Waals surface area contributed by atoms with Gasteiger partial charge in [0.25, 0.3) is 0 Å². The Hall–Kier alpha value is 0.0400. The molecule has 1 heterocycles. The number of fused-ring (bicyclic) bond motifs is 1. The molecule has 52 valence electrons. The molecule has 1 aromatic rings. The Morgan fingerprint density at radius 3 is 2.80 bits per heavy atom. The fourth-order valence-corrected chi connectivity index (χ4v) is 3.93. The standard InChI is InChI=1S/C8H7IS/c9-10-6-5-7-3-1-2-4-8(7)10/h1-6,10H. The summed E-state index contributed by atoms with van der Waals surface area (Å²) in [5, 5.41) is 2.29. The lowest BCUT2D eigenvalue weighted by Crippen LogP contribution is -1.71. The average molecular weight is 262 g/mol. The number of benzene rings is 1. The summed E-state index contributed by atoms with van der Waals surface area (Å²) in [7, 11) is 0.00858. The van der Waals surface area contributed by atoms with E-state index < -0.39 is 0 Å². The first kappa shape index (κ1) is 6.73. The molecule has 1 atom stereocenters. The number of hydrogen-bond donors (Lipinski definition) is 1. The second-order valence-electron chi connectivity index (χ2n) is 2.19. The van der Waals surface area contributed by atoms with Crippen LogP contribution in [0.4, 0.5) is 0 Å². The molecular formula is C8H7IS. The van der Waals surface area contributed by atoms with Crippen LogP contribution in [-0.2, 0) is 0 Å². The van der Waals surface area contributed by atoms with E-state index in [1.165, 1.54) is 10.5 Å². The van der Waals surface area contributed by atoms with Gasteiger partial charge in [0.05, 0.1) is 0 Å². The van der Waals surface area contributed by atoms with E-state index in [1.807, 2.05) is 0 Å². The summed E-state index contributed by atoms with van der Waals surface area (Å²) in [6.45, 7) is 0. The Balaban J connectivity index is 2.59. The van der Waals surface area contributed by atoms with Crippen molar-refractivity contribution in [2.45, 2.75) is 4.90 Å². The molecule has 0 nitrogen and oxygen atoms in total. The molecular weight excluding hydrogens is 255 g/mol. The van der Waals surface area contributed by atoms with Crippen LogP contribution in [0.3, 0.4) is 0 Å². The van der Waals surface area contributed by atoms with E-state index in [9.17, 15) is 0 Å². The highest BCUT2D eigenvalue weighted by atomic mass is 127. The fourth-order valence-electron chi connectivity index (χ4n) is 1.05. The van der Waals surface area contributed by atoms with Crippen LogP contribution in [0.2, 0.25) is 0 Å². The summed E-state index contributed by atoms with van der Waals surface area (Å²) in [5.41, 5.74) is 1.41. The summed E-state index contributed by atoms with van der Waals surface area (Å²) in [6, 6.07) is 8.59. The van der Waals surface area contributed by atoms with Gasteiger partial charge >= 0.3 is 0 Å². The van der Waals surface area contributed by atoms with Crippen LogP contribution in [0.5, 0.6) is 0 Å². The molecule has 1 aromatic carbocycles. The third-order valence-electron chi connectivity index (χ3n) is 1.55. The van der Waals surface area contributed by atoms with Crippen LogP contribution in [0.1, 0.15) is 5.56 Å². The molecule has 1 aliphatic rings. The molecule has 0 radical (unpaired) electrons. The van der Waals surface area contributed by atoms with Gasteiger partial charge in [-0.25, -0.2) is 0 Å². The van der Waals surface area contributed by atoms with Gasteiger partial charge in [-0.1, -0.05) is 18.2 Å². The Morgan fingerprint density at radius 2 is 2.00 bits per heavy atom. The monoisotopic (exact) mass is 262 g/mol. The van der Waals surface area contributed by atoms with Gasteiger partial charge in [0.1, 0.15) is 0 Å². The van der Waals surface area contributed by atoms with Crippen LogP contribution in [0.25, 0.3) is 6.08 Å². The zero-order chi connectivity index (χ0) is 6.97. The van der Waals surface area contributed by atoms with Gasteiger partial charge in [-0.2, -0.15) is 8.07 Å². The summed E-state index contributed by atoms with van der Waals surface area (Å²) >= 11 is 2.50. The van der Waals surface area contributed by atoms with E-state index in [0.717, 1.165) is 0 Å². The van der Waals surface area contributed by atoms with Crippen molar-refractivity contribution in [2.24, 2.45) is 0 Å². The molecule has 10 heavy (non-hydrogen) atoms. The van der Waals surface area contributed by atoms with Crippen molar-refractivity contribution in [2.75, 3.05) is 0 Å². The van der Waals surface area contributed by atoms with E-state index in [-0.39, 0.29) is 8.07 Å². The molecule has 0 saturated carbocycles. The summed E-state index contributed by atoms with van der Waals surface area (Å²) in [4.78, 5) is 1.51. The Bertz CT molecular complexity index is 280. The van der Waals surface area contributed by atoms with Crippen molar-refractivity contribution in [1.82, 2.24) is 0 Å². The number of thiol groups is 1. The third kappa shape index (κ3) is 0.992. The molecule has 0 fully saturated rings. The van der Waals surface area contributed by atoms with Gasteiger partial charge in [-0.15, -0.1) is 0 Å². The second kappa shape index (κ2) is 2.58. The first-order chi connectivity index (χ1) is 4.88. The molecule has 0 spiro atoms. The molecule has 0 aliphatic carbocycles. The maximum Gasteiger partial charge on any atom is 0.00683 e. The predicted octanol–water partition coefficient (Wildman–Crippen LogP) is 3.38. The van der Waals surface area contributed by atoms with Crippen LogP contribution in [0, 0.1) is 0 Å². The highest BCUT2D eigenvalue weighted by Crippen LogP contribution is 2.51. The Labute approximate surface area is 75.3 Å². The first-order valence-electron chi connectivity index (χ1n) is 3.10. The lowest BCUT2D eigenvalue weighted by Gasteiger charge is -2.03. The normalized spacial score (nSPS) is 24.7. The highest BCUT2D eigenvalue weighted by Gasteiger charge is 2.08. The fraction of sp³-hybridized carbons (Fsp3) is 0. The predicted molar refractivity (Wildman–Crippen MR) is 56.7 cm³/mol. The molecule has 0 amide bonds. The van der Waals surface area contributed by atoms with Gasteiger partial charge in [-0.3, -0.25) is 0 Å². The molecule has 1 aliphatic heterocycles. The maximum atomic E-state index is 2.50.